The van der Waals surface area contributed by atoms with Gasteiger partial charge in [0, 0.05) is 22.8 Å². The van der Waals surface area contributed by atoms with Gasteiger partial charge in [0.05, 0.1) is 12.2 Å². The number of esters is 1. The molecule has 0 aliphatic carbocycles. The Morgan fingerprint density at radius 1 is 1.33 bits per heavy atom. The van der Waals surface area contributed by atoms with Crippen LogP contribution in [0.3, 0.4) is 0 Å². The molecule has 0 amide bonds. The van der Waals surface area contributed by atoms with Gasteiger partial charge < -0.3 is 15.8 Å². The maximum atomic E-state index is 12.0. The van der Waals surface area contributed by atoms with Crippen LogP contribution in [0.4, 0.5) is 11.4 Å². The van der Waals surface area contributed by atoms with Gasteiger partial charge in [0.25, 0.3) is 0 Å². The van der Waals surface area contributed by atoms with E-state index >= 15 is 0 Å². The quantitative estimate of drug-likeness (QED) is 0.631. The van der Waals surface area contributed by atoms with Crippen molar-refractivity contribution in [2.75, 3.05) is 17.7 Å². The molecule has 0 aliphatic heterocycles. The first-order valence-electron chi connectivity index (χ1n) is 7.01. The van der Waals surface area contributed by atoms with Gasteiger partial charge in [-0.2, -0.15) is 0 Å². The van der Waals surface area contributed by atoms with E-state index in [0.29, 0.717) is 24.4 Å². The van der Waals surface area contributed by atoms with E-state index in [9.17, 15) is 4.79 Å². The number of carbonyl (C=O) groups is 1. The summed E-state index contributed by atoms with van der Waals surface area (Å²) in [5.74, 6) is -0.353. The van der Waals surface area contributed by atoms with Crippen LogP contribution in [0.2, 0.25) is 0 Å². The topological polar surface area (TPSA) is 64.3 Å². The minimum atomic E-state index is -0.353. The van der Waals surface area contributed by atoms with Gasteiger partial charge in [-0.1, -0.05) is 6.92 Å². The summed E-state index contributed by atoms with van der Waals surface area (Å²) in [7, 11) is 0. The summed E-state index contributed by atoms with van der Waals surface area (Å²) in [5, 5.41) is 5.40. The van der Waals surface area contributed by atoms with Gasteiger partial charge >= 0.3 is 5.97 Å². The molecule has 5 heteroatoms. The largest absolute Gasteiger partial charge is 0.462 e. The van der Waals surface area contributed by atoms with Crippen molar-refractivity contribution in [3.8, 4) is 0 Å². The van der Waals surface area contributed by atoms with E-state index in [0.717, 1.165) is 12.1 Å². The van der Waals surface area contributed by atoms with Gasteiger partial charge in [-0.3, -0.25) is 0 Å². The van der Waals surface area contributed by atoms with Crippen LogP contribution in [-0.4, -0.2) is 12.6 Å². The maximum Gasteiger partial charge on any atom is 0.340 e. The Labute approximate surface area is 128 Å². The molecule has 2 aromatic rings. The second-order valence-corrected chi connectivity index (χ2v) is 5.60. The fourth-order valence-corrected chi connectivity index (χ4v) is 3.02. The summed E-state index contributed by atoms with van der Waals surface area (Å²) >= 11 is 1.72. The maximum absolute atomic E-state index is 12.0. The highest BCUT2D eigenvalue weighted by Crippen LogP contribution is 2.23. The molecule has 0 saturated heterocycles. The van der Waals surface area contributed by atoms with Crippen molar-refractivity contribution in [1.29, 1.82) is 0 Å². The number of hydrogen-bond donors (Lipinski definition) is 2. The van der Waals surface area contributed by atoms with E-state index in [-0.39, 0.29) is 5.97 Å². The molecule has 0 aliphatic rings. The summed E-state index contributed by atoms with van der Waals surface area (Å²) in [6, 6.07) is 7.38. The molecule has 0 fully saturated rings. The van der Waals surface area contributed by atoms with Crippen molar-refractivity contribution in [2.24, 2.45) is 0 Å². The molecule has 21 heavy (non-hydrogen) atoms. The van der Waals surface area contributed by atoms with Crippen LogP contribution >= 0.6 is 11.3 Å². The number of carbonyl (C=O) groups excluding carboxylic acids is 1. The third kappa shape index (κ3) is 3.76. The van der Waals surface area contributed by atoms with Crippen LogP contribution in [0.25, 0.3) is 0 Å². The van der Waals surface area contributed by atoms with Crippen LogP contribution in [0.1, 0.15) is 34.6 Å². The Kier molecular flexibility index (Phi) is 5.22. The number of ether oxygens (including phenoxy) is 1. The van der Waals surface area contributed by atoms with Crippen molar-refractivity contribution >= 4 is 28.7 Å². The van der Waals surface area contributed by atoms with E-state index < -0.39 is 0 Å². The lowest BCUT2D eigenvalue weighted by molar-refractivity contribution is 0.0527. The lowest BCUT2D eigenvalue weighted by atomic mass is 10.1. The second-order valence-electron chi connectivity index (χ2n) is 4.60. The molecule has 1 aromatic heterocycles. The van der Waals surface area contributed by atoms with Crippen molar-refractivity contribution in [2.45, 2.75) is 26.8 Å². The predicted molar refractivity (Wildman–Crippen MR) is 87.8 cm³/mol. The third-order valence-electron chi connectivity index (χ3n) is 3.20. The molecule has 0 bridgehead atoms. The standard InChI is InChI=1S/C16H20N2O2S/c1-3-11-7-8-21-15(11)10-18-14-6-5-12(17)9-13(14)16(19)20-4-2/h5-9,18H,3-4,10,17H2,1-2H3. The normalized spacial score (nSPS) is 10.4. The average Bonchev–Trinajstić information content (AvgIpc) is 2.93. The van der Waals surface area contributed by atoms with Crippen LogP contribution in [0.15, 0.2) is 29.6 Å². The monoisotopic (exact) mass is 304 g/mol. The summed E-state index contributed by atoms with van der Waals surface area (Å²) in [6.45, 7) is 4.96. The van der Waals surface area contributed by atoms with E-state index in [1.807, 2.05) is 6.07 Å². The molecule has 2 rings (SSSR count). The van der Waals surface area contributed by atoms with Gasteiger partial charge in [0.1, 0.15) is 0 Å². The number of anilines is 2. The molecule has 112 valence electrons. The summed E-state index contributed by atoms with van der Waals surface area (Å²) < 4.78 is 5.07. The Balaban J connectivity index is 2.17. The number of aryl methyl sites for hydroxylation is 1. The van der Waals surface area contributed by atoms with Gasteiger partial charge in [-0.15, -0.1) is 11.3 Å². The first-order chi connectivity index (χ1) is 10.2. The SMILES string of the molecule is CCOC(=O)c1cc(N)ccc1NCc1sccc1CC. The van der Waals surface area contributed by atoms with Crippen molar-refractivity contribution in [3.05, 3.63) is 45.6 Å². The highest BCUT2D eigenvalue weighted by molar-refractivity contribution is 7.10. The van der Waals surface area contributed by atoms with Crippen molar-refractivity contribution < 1.29 is 9.53 Å². The number of rotatable bonds is 6. The first-order valence-corrected chi connectivity index (χ1v) is 7.89. The molecule has 0 spiro atoms. The highest BCUT2D eigenvalue weighted by atomic mass is 32.1. The van der Waals surface area contributed by atoms with E-state index in [1.54, 1.807) is 30.4 Å². The summed E-state index contributed by atoms with van der Waals surface area (Å²) in [5.41, 5.74) is 8.87. The zero-order chi connectivity index (χ0) is 15.2. The highest BCUT2D eigenvalue weighted by Gasteiger charge is 2.13. The zero-order valence-corrected chi connectivity index (χ0v) is 13.1. The lowest BCUT2D eigenvalue weighted by Gasteiger charge is -2.12. The van der Waals surface area contributed by atoms with Crippen LogP contribution in [0, 0.1) is 0 Å². The van der Waals surface area contributed by atoms with Gasteiger partial charge in [-0.05, 0) is 48.6 Å². The lowest BCUT2D eigenvalue weighted by Crippen LogP contribution is -2.10. The molecule has 0 saturated carbocycles. The fraction of sp³-hybridized carbons (Fsp3) is 0.312. The number of nitrogens with two attached hydrogens (primary N) is 1. The smallest absolute Gasteiger partial charge is 0.340 e. The molecule has 0 radical (unpaired) electrons. The average molecular weight is 304 g/mol. The van der Waals surface area contributed by atoms with Crippen LogP contribution in [-0.2, 0) is 17.7 Å². The van der Waals surface area contributed by atoms with Gasteiger partial charge in [0.15, 0.2) is 0 Å². The molecule has 4 nitrogen and oxygen atoms in total. The number of nitrogens with one attached hydrogen (secondary N) is 1. The summed E-state index contributed by atoms with van der Waals surface area (Å²) in [6.07, 6.45) is 1.01. The van der Waals surface area contributed by atoms with Crippen molar-refractivity contribution in [3.63, 3.8) is 0 Å². The number of benzene rings is 1. The predicted octanol–water partition coefficient (Wildman–Crippen LogP) is 3.68. The van der Waals surface area contributed by atoms with E-state index in [2.05, 4.69) is 23.7 Å². The fourth-order valence-electron chi connectivity index (χ4n) is 2.11. The molecule has 1 aromatic carbocycles. The minimum absolute atomic E-state index is 0.345. The molecular weight excluding hydrogens is 284 g/mol. The van der Waals surface area contributed by atoms with Crippen LogP contribution in [0.5, 0.6) is 0 Å². The van der Waals surface area contributed by atoms with E-state index in [4.69, 9.17) is 10.5 Å². The Hall–Kier alpha value is -2.01. The van der Waals surface area contributed by atoms with Crippen molar-refractivity contribution in [1.82, 2.24) is 0 Å². The third-order valence-corrected chi connectivity index (χ3v) is 4.16. The Morgan fingerprint density at radius 2 is 2.14 bits per heavy atom. The number of thiophene rings is 1. The zero-order valence-electron chi connectivity index (χ0n) is 12.3. The minimum Gasteiger partial charge on any atom is -0.462 e. The van der Waals surface area contributed by atoms with Gasteiger partial charge in [-0.25, -0.2) is 4.79 Å². The second kappa shape index (κ2) is 7.13. The molecule has 1 heterocycles. The molecule has 3 N–H and O–H groups in total. The molecular formula is C16H20N2O2S. The Bertz CT molecular complexity index is 622. The molecule has 0 unspecified atom stereocenters. The first kappa shape index (κ1) is 15.4. The number of hydrogen-bond acceptors (Lipinski definition) is 5. The summed E-state index contributed by atoms with van der Waals surface area (Å²) in [4.78, 5) is 13.3. The van der Waals surface area contributed by atoms with Gasteiger partial charge in [0.2, 0.25) is 0 Å². The van der Waals surface area contributed by atoms with Crippen LogP contribution < -0.4 is 11.1 Å². The molecule has 0 atom stereocenters. The number of nitrogen functional groups attached to an aromatic ring is 1. The Morgan fingerprint density at radius 3 is 2.86 bits per heavy atom. The van der Waals surface area contributed by atoms with E-state index in [1.165, 1.54) is 10.4 Å².